The summed E-state index contributed by atoms with van der Waals surface area (Å²) in [5.41, 5.74) is 8.47. The summed E-state index contributed by atoms with van der Waals surface area (Å²) in [5, 5.41) is 12.0. The van der Waals surface area contributed by atoms with Gasteiger partial charge in [-0.15, -0.1) is 5.10 Å². The average molecular weight is 433 g/mol. The van der Waals surface area contributed by atoms with E-state index in [0.29, 0.717) is 28.0 Å². The molecular weight excluding hydrogens is 419 g/mol. The van der Waals surface area contributed by atoms with E-state index < -0.39 is 17.5 Å². The van der Waals surface area contributed by atoms with Crippen LogP contribution in [0.3, 0.4) is 0 Å². The first-order chi connectivity index (χ1) is 15.5. The van der Waals surface area contributed by atoms with Gasteiger partial charge in [0.2, 0.25) is 5.95 Å². The SMILES string of the molecule is Nc1nc(-c2ccc(F)cc2)c(-c2ccnnc2)c2nc(Cc3c(F)cccc3F)nn12. The lowest BCUT2D eigenvalue weighted by molar-refractivity contribution is 0.559. The van der Waals surface area contributed by atoms with E-state index in [1.165, 1.54) is 47.2 Å². The molecule has 2 N–H and O–H groups in total. The first-order valence-corrected chi connectivity index (χ1v) is 9.52. The molecule has 0 aliphatic heterocycles. The summed E-state index contributed by atoms with van der Waals surface area (Å²) in [5.74, 6) is -1.62. The molecule has 0 unspecified atom stereocenters. The molecular formula is C22H14F3N7. The highest BCUT2D eigenvalue weighted by molar-refractivity contribution is 5.90. The van der Waals surface area contributed by atoms with Gasteiger partial charge in [0.05, 0.1) is 23.7 Å². The van der Waals surface area contributed by atoms with Crippen molar-refractivity contribution < 1.29 is 13.2 Å². The highest BCUT2D eigenvalue weighted by Crippen LogP contribution is 2.34. The number of aromatic nitrogens is 6. The molecule has 3 heterocycles. The minimum absolute atomic E-state index is 0.0119. The molecule has 0 bridgehead atoms. The Morgan fingerprint density at radius 1 is 0.844 bits per heavy atom. The van der Waals surface area contributed by atoms with Gasteiger partial charge in [0, 0.05) is 23.1 Å². The monoisotopic (exact) mass is 433 g/mol. The molecule has 0 aliphatic rings. The predicted molar refractivity (Wildman–Crippen MR) is 111 cm³/mol. The molecule has 3 aromatic heterocycles. The fourth-order valence-electron chi connectivity index (χ4n) is 3.46. The Morgan fingerprint density at radius 2 is 1.59 bits per heavy atom. The summed E-state index contributed by atoms with van der Waals surface area (Å²) in [6.45, 7) is 0. The van der Waals surface area contributed by atoms with Crippen molar-refractivity contribution >= 4 is 11.6 Å². The van der Waals surface area contributed by atoms with Gasteiger partial charge < -0.3 is 5.73 Å². The highest BCUT2D eigenvalue weighted by Gasteiger charge is 2.21. The van der Waals surface area contributed by atoms with Gasteiger partial charge in [-0.1, -0.05) is 6.07 Å². The van der Waals surface area contributed by atoms with Gasteiger partial charge in [0.1, 0.15) is 17.5 Å². The Hall–Kier alpha value is -4.34. The lowest BCUT2D eigenvalue weighted by Gasteiger charge is -2.11. The van der Waals surface area contributed by atoms with E-state index in [1.54, 1.807) is 18.2 Å². The number of fused-ring (bicyclic) bond motifs is 1. The molecule has 5 rings (SSSR count). The summed E-state index contributed by atoms with van der Waals surface area (Å²) >= 11 is 0. The summed E-state index contributed by atoms with van der Waals surface area (Å²) in [7, 11) is 0. The first-order valence-electron chi connectivity index (χ1n) is 9.52. The Labute approximate surface area is 179 Å². The molecule has 0 saturated heterocycles. The molecule has 10 heteroatoms. The molecule has 5 aromatic rings. The molecule has 0 aliphatic carbocycles. The van der Waals surface area contributed by atoms with Gasteiger partial charge in [-0.3, -0.25) is 0 Å². The van der Waals surface area contributed by atoms with E-state index in [4.69, 9.17) is 5.73 Å². The number of nitrogens with zero attached hydrogens (tertiary/aromatic N) is 6. The Balaban J connectivity index is 1.74. The van der Waals surface area contributed by atoms with Crippen molar-refractivity contribution in [3.63, 3.8) is 0 Å². The fourth-order valence-corrected chi connectivity index (χ4v) is 3.46. The smallest absolute Gasteiger partial charge is 0.223 e. The van der Waals surface area contributed by atoms with Crippen LogP contribution in [0, 0.1) is 17.5 Å². The third kappa shape index (κ3) is 3.41. The van der Waals surface area contributed by atoms with E-state index in [-0.39, 0.29) is 23.8 Å². The van der Waals surface area contributed by atoms with Gasteiger partial charge in [-0.2, -0.15) is 14.7 Å². The highest BCUT2D eigenvalue weighted by atomic mass is 19.1. The van der Waals surface area contributed by atoms with Crippen LogP contribution in [0.4, 0.5) is 19.1 Å². The van der Waals surface area contributed by atoms with Crippen molar-refractivity contribution in [1.82, 2.24) is 29.8 Å². The van der Waals surface area contributed by atoms with E-state index in [0.717, 1.165) is 0 Å². The van der Waals surface area contributed by atoms with Crippen LogP contribution in [-0.4, -0.2) is 29.8 Å². The van der Waals surface area contributed by atoms with E-state index in [1.807, 2.05) is 0 Å². The van der Waals surface area contributed by atoms with Crippen molar-refractivity contribution in [3.05, 3.63) is 89.8 Å². The third-order valence-corrected chi connectivity index (χ3v) is 4.94. The van der Waals surface area contributed by atoms with E-state index in [2.05, 4.69) is 25.3 Å². The van der Waals surface area contributed by atoms with Gasteiger partial charge in [0.15, 0.2) is 11.5 Å². The maximum Gasteiger partial charge on any atom is 0.223 e. The van der Waals surface area contributed by atoms with Crippen molar-refractivity contribution in [2.24, 2.45) is 0 Å². The van der Waals surface area contributed by atoms with Crippen molar-refractivity contribution in [3.8, 4) is 22.4 Å². The second kappa shape index (κ2) is 7.73. The largest absolute Gasteiger partial charge is 0.368 e. The lowest BCUT2D eigenvalue weighted by atomic mass is 10.0. The van der Waals surface area contributed by atoms with E-state index >= 15 is 0 Å². The maximum atomic E-state index is 14.1. The topological polar surface area (TPSA) is 94.9 Å². The summed E-state index contributed by atoms with van der Waals surface area (Å²) < 4.78 is 43.1. The summed E-state index contributed by atoms with van der Waals surface area (Å²) in [4.78, 5) is 8.96. The van der Waals surface area contributed by atoms with Gasteiger partial charge in [0.25, 0.3) is 0 Å². The second-order valence-corrected chi connectivity index (χ2v) is 6.97. The van der Waals surface area contributed by atoms with Crippen LogP contribution in [0.5, 0.6) is 0 Å². The standard InChI is InChI=1S/C22H14F3N7/c23-14-6-4-12(5-7-14)20-19(13-8-9-27-28-11-13)21-29-18(31-32(21)22(26)30-20)10-15-16(24)2-1-3-17(15)25/h1-9,11H,10H2,(H2,26,30). The molecule has 2 aromatic carbocycles. The van der Waals surface area contributed by atoms with Crippen LogP contribution in [0.2, 0.25) is 0 Å². The number of rotatable bonds is 4. The normalized spacial score (nSPS) is 11.2. The number of nitrogen functional groups attached to an aromatic ring is 1. The van der Waals surface area contributed by atoms with Gasteiger partial charge >= 0.3 is 0 Å². The number of hydrogen-bond acceptors (Lipinski definition) is 6. The van der Waals surface area contributed by atoms with Crippen LogP contribution >= 0.6 is 0 Å². The lowest BCUT2D eigenvalue weighted by Crippen LogP contribution is -2.06. The zero-order chi connectivity index (χ0) is 22.2. The molecule has 158 valence electrons. The van der Waals surface area contributed by atoms with Crippen LogP contribution < -0.4 is 5.73 Å². The van der Waals surface area contributed by atoms with Crippen LogP contribution in [0.1, 0.15) is 11.4 Å². The number of hydrogen-bond donors (Lipinski definition) is 1. The maximum absolute atomic E-state index is 14.1. The minimum atomic E-state index is -0.694. The summed E-state index contributed by atoms with van der Waals surface area (Å²) in [6.07, 6.45) is 2.84. The van der Waals surface area contributed by atoms with Crippen LogP contribution in [0.15, 0.2) is 60.9 Å². The van der Waals surface area contributed by atoms with Gasteiger partial charge in [-0.25, -0.2) is 23.1 Å². The molecule has 0 radical (unpaired) electrons. The molecule has 0 fully saturated rings. The number of benzene rings is 2. The Kier molecular flexibility index (Phi) is 4.74. The fraction of sp³-hybridized carbons (Fsp3) is 0.0455. The quantitative estimate of drug-likeness (QED) is 0.463. The zero-order valence-corrected chi connectivity index (χ0v) is 16.4. The summed E-state index contributed by atoms with van der Waals surface area (Å²) in [6, 6.07) is 11.1. The molecule has 32 heavy (non-hydrogen) atoms. The second-order valence-electron chi connectivity index (χ2n) is 6.97. The van der Waals surface area contributed by atoms with Crippen molar-refractivity contribution in [2.75, 3.05) is 5.73 Å². The number of nitrogens with two attached hydrogens (primary N) is 1. The Bertz CT molecular complexity index is 1410. The number of halogens is 3. The van der Waals surface area contributed by atoms with Gasteiger partial charge in [-0.05, 0) is 42.5 Å². The molecule has 0 spiro atoms. The van der Waals surface area contributed by atoms with Crippen molar-refractivity contribution in [1.29, 1.82) is 0 Å². The van der Waals surface area contributed by atoms with Crippen LogP contribution in [0.25, 0.3) is 28.0 Å². The first kappa shape index (κ1) is 19.6. The zero-order valence-electron chi connectivity index (χ0n) is 16.4. The third-order valence-electron chi connectivity index (χ3n) is 4.94. The molecule has 7 nitrogen and oxygen atoms in total. The number of anilines is 1. The predicted octanol–water partition coefficient (Wildman–Crippen LogP) is 3.84. The van der Waals surface area contributed by atoms with E-state index in [9.17, 15) is 13.2 Å². The van der Waals surface area contributed by atoms with Crippen LogP contribution in [-0.2, 0) is 6.42 Å². The molecule has 0 amide bonds. The Morgan fingerprint density at radius 3 is 2.28 bits per heavy atom. The van der Waals surface area contributed by atoms with Crippen molar-refractivity contribution in [2.45, 2.75) is 6.42 Å². The average Bonchev–Trinajstić information content (AvgIpc) is 3.22. The molecule has 0 atom stereocenters. The minimum Gasteiger partial charge on any atom is -0.368 e. The molecule has 0 saturated carbocycles.